The maximum atomic E-state index is 12.3. The number of aromatic carboxylic acids is 1. The lowest BCUT2D eigenvalue weighted by atomic mass is 9.86. The molecule has 2 N–H and O–H groups in total. The van der Waals surface area contributed by atoms with Crippen LogP contribution in [0.15, 0.2) is 24.3 Å². The van der Waals surface area contributed by atoms with Gasteiger partial charge in [-0.15, -0.1) is 5.10 Å². The Morgan fingerprint density at radius 2 is 2.11 bits per heavy atom. The first kappa shape index (κ1) is 17.0. The van der Waals surface area contributed by atoms with E-state index in [1.807, 2.05) is 19.9 Å². The molecule has 4 rings (SSSR count). The molecule has 0 unspecified atom stereocenters. The summed E-state index contributed by atoms with van der Waals surface area (Å²) in [5.41, 5.74) is 3.97. The summed E-state index contributed by atoms with van der Waals surface area (Å²) in [4.78, 5) is 28.5. The molecule has 3 heterocycles. The molecule has 1 amide bonds. The van der Waals surface area contributed by atoms with Gasteiger partial charge in [-0.1, -0.05) is 6.07 Å². The lowest BCUT2D eigenvalue weighted by molar-refractivity contribution is -0.116. The van der Waals surface area contributed by atoms with Crippen molar-refractivity contribution in [2.24, 2.45) is 0 Å². The number of carboxylic acids is 1. The first-order chi connectivity index (χ1) is 12.9. The maximum absolute atomic E-state index is 12.3. The average molecular weight is 366 g/mol. The van der Waals surface area contributed by atoms with Crippen LogP contribution in [0.1, 0.15) is 45.2 Å². The molecule has 0 saturated heterocycles. The molecule has 1 atom stereocenters. The minimum Gasteiger partial charge on any atom is -0.496 e. The van der Waals surface area contributed by atoms with Crippen molar-refractivity contribution in [3.63, 3.8) is 0 Å². The molecule has 0 spiro atoms. The molecule has 1 aliphatic rings. The summed E-state index contributed by atoms with van der Waals surface area (Å²) in [5, 5.41) is 16.8. The molecule has 3 aromatic rings. The molecule has 0 aliphatic carbocycles. The topological polar surface area (TPSA) is 106 Å². The number of nitrogens with zero attached hydrogens (tertiary/aromatic N) is 3. The second kappa shape index (κ2) is 6.08. The molecular weight excluding hydrogens is 348 g/mol. The van der Waals surface area contributed by atoms with E-state index in [2.05, 4.69) is 15.4 Å². The normalized spacial score (nSPS) is 16.1. The largest absolute Gasteiger partial charge is 0.496 e. The molecule has 1 aliphatic heterocycles. The van der Waals surface area contributed by atoms with E-state index in [1.54, 1.807) is 22.7 Å². The van der Waals surface area contributed by atoms with Crippen LogP contribution in [0.4, 0.5) is 5.82 Å². The number of carboxylic acid groups (broad SMARTS) is 1. The van der Waals surface area contributed by atoms with Crippen LogP contribution in [-0.4, -0.2) is 38.7 Å². The molecule has 0 saturated carbocycles. The second-order valence-electron chi connectivity index (χ2n) is 6.61. The van der Waals surface area contributed by atoms with Crippen molar-refractivity contribution in [2.45, 2.75) is 26.2 Å². The van der Waals surface area contributed by atoms with Crippen LogP contribution in [0.25, 0.3) is 5.65 Å². The molecule has 0 fully saturated rings. The van der Waals surface area contributed by atoms with E-state index < -0.39 is 5.97 Å². The summed E-state index contributed by atoms with van der Waals surface area (Å²) in [6.45, 7) is 3.82. The van der Waals surface area contributed by atoms with Crippen molar-refractivity contribution in [3.8, 4) is 5.75 Å². The molecule has 138 valence electrons. The number of hydrogen-bond donors (Lipinski definition) is 2. The second-order valence-corrected chi connectivity index (χ2v) is 6.61. The number of methoxy groups -OCH3 is 1. The number of ether oxygens (including phenoxy) is 1. The van der Waals surface area contributed by atoms with Gasteiger partial charge in [-0.2, -0.15) is 0 Å². The van der Waals surface area contributed by atoms with Crippen LogP contribution in [0, 0.1) is 13.8 Å². The lowest BCUT2D eigenvalue weighted by Crippen LogP contribution is -2.23. The average Bonchev–Trinajstić information content (AvgIpc) is 2.99. The zero-order valence-corrected chi connectivity index (χ0v) is 15.1. The molecule has 8 nitrogen and oxygen atoms in total. The molecular formula is C19H18N4O4. The van der Waals surface area contributed by atoms with Crippen LogP contribution < -0.4 is 10.1 Å². The SMILES string of the molecule is COc1ccc([C@@H]2CC(=O)Nc3nn4c(C)cc(C)nc4c32)cc1C(=O)O. The number of aryl methyl sites for hydroxylation is 2. The van der Waals surface area contributed by atoms with Crippen molar-refractivity contribution in [1.29, 1.82) is 0 Å². The summed E-state index contributed by atoms with van der Waals surface area (Å²) in [6.07, 6.45) is 0.189. The van der Waals surface area contributed by atoms with Crippen LogP contribution in [0.2, 0.25) is 0 Å². The number of nitrogens with one attached hydrogen (secondary N) is 1. The Morgan fingerprint density at radius 3 is 2.81 bits per heavy atom. The third-order valence-electron chi connectivity index (χ3n) is 4.78. The summed E-state index contributed by atoms with van der Waals surface area (Å²) in [6, 6.07) is 6.86. The number of benzene rings is 1. The van der Waals surface area contributed by atoms with Gasteiger partial charge in [0.15, 0.2) is 11.5 Å². The van der Waals surface area contributed by atoms with Crippen molar-refractivity contribution in [2.75, 3.05) is 12.4 Å². The fourth-order valence-electron chi connectivity index (χ4n) is 3.62. The highest BCUT2D eigenvalue weighted by molar-refractivity contribution is 5.96. The monoisotopic (exact) mass is 366 g/mol. The number of rotatable bonds is 3. The van der Waals surface area contributed by atoms with Gasteiger partial charge in [-0.3, -0.25) is 4.79 Å². The van der Waals surface area contributed by atoms with Crippen LogP contribution in [0.5, 0.6) is 5.75 Å². The van der Waals surface area contributed by atoms with Gasteiger partial charge in [-0.25, -0.2) is 14.3 Å². The predicted octanol–water partition coefficient (Wildman–Crippen LogP) is 2.53. The van der Waals surface area contributed by atoms with E-state index in [0.29, 0.717) is 17.0 Å². The molecule has 1 aromatic carbocycles. The highest BCUT2D eigenvalue weighted by atomic mass is 16.5. The molecule has 0 radical (unpaired) electrons. The van der Waals surface area contributed by atoms with Crippen molar-refractivity contribution in [1.82, 2.24) is 14.6 Å². The highest BCUT2D eigenvalue weighted by Gasteiger charge is 2.33. The smallest absolute Gasteiger partial charge is 0.339 e. The minimum atomic E-state index is -1.08. The van der Waals surface area contributed by atoms with Gasteiger partial charge in [0.25, 0.3) is 0 Å². The van der Waals surface area contributed by atoms with Crippen molar-refractivity contribution < 1.29 is 19.4 Å². The van der Waals surface area contributed by atoms with Crippen molar-refractivity contribution in [3.05, 3.63) is 52.3 Å². The van der Waals surface area contributed by atoms with E-state index >= 15 is 0 Å². The Bertz CT molecular complexity index is 1100. The van der Waals surface area contributed by atoms with E-state index in [1.165, 1.54) is 7.11 Å². The van der Waals surface area contributed by atoms with Crippen LogP contribution in [0.3, 0.4) is 0 Å². The third-order valence-corrected chi connectivity index (χ3v) is 4.78. The minimum absolute atomic E-state index is 0.0549. The van der Waals surface area contributed by atoms with E-state index in [9.17, 15) is 14.7 Å². The number of carbonyl (C=O) groups excluding carboxylic acids is 1. The highest BCUT2D eigenvalue weighted by Crippen LogP contribution is 2.40. The Kier molecular flexibility index (Phi) is 3.83. The zero-order chi connectivity index (χ0) is 19.3. The Balaban J connectivity index is 1.95. The van der Waals surface area contributed by atoms with Gasteiger partial charge < -0.3 is 15.2 Å². The molecule has 0 bridgehead atoms. The lowest BCUT2D eigenvalue weighted by Gasteiger charge is -2.22. The van der Waals surface area contributed by atoms with Crippen LogP contribution in [-0.2, 0) is 4.79 Å². The fraction of sp³-hybridized carbons (Fsp3) is 0.263. The number of amides is 1. The summed E-state index contributed by atoms with van der Waals surface area (Å²) < 4.78 is 6.84. The van der Waals surface area contributed by atoms with Gasteiger partial charge in [0.1, 0.15) is 11.3 Å². The van der Waals surface area contributed by atoms with Gasteiger partial charge in [0, 0.05) is 29.3 Å². The molecule has 27 heavy (non-hydrogen) atoms. The van der Waals surface area contributed by atoms with Gasteiger partial charge in [0.05, 0.1) is 7.11 Å². The molecule has 2 aromatic heterocycles. The standard InChI is InChI=1S/C19H18N4O4/c1-9-6-10(2)23-18(20-9)16-12(8-15(24)21-17(16)22-23)11-4-5-14(27-3)13(7-11)19(25)26/h4-7,12H,8H2,1-3H3,(H,25,26)(H,21,22,24)/t12-/m0/s1. The summed E-state index contributed by atoms with van der Waals surface area (Å²) in [5.74, 6) is -0.859. The summed E-state index contributed by atoms with van der Waals surface area (Å²) >= 11 is 0. The van der Waals surface area contributed by atoms with E-state index in [4.69, 9.17) is 4.74 Å². The third kappa shape index (κ3) is 2.69. The number of aromatic nitrogens is 3. The number of carbonyl (C=O) groups is 2. The van der Waals surface area contributed by atoms with Gasteiger partial charge in [0.2, 0.25) is 5.91 Å². The number of anilines is 1. The first-order valence-corrected chi connectivity index (χ1v) is 8.47. The number of fused-ring (bicyclic) bond motifs is 3. The predicted molar refractivity (Wildman–Crippen MR) is 97.5 cm³/mol. The maximum Gasteiger partial charge on any atom is 0.339 e. The van der Waals surface area contributed by atoms with Crippen molar-refractivity contribution >= 4 is 23.3 Å². The summed E-state index contributed by atoms with van der Waals surface area (Å²) in [7, 11) is 1.42. The fourth-order valence-corrected chi connectivity index (χ4v) is 3.62. The van der Waals surface area contributed by atoms with Crippen LogP contribution >= 0.6 is 0 Å². The molecule has 8 heteroatoms. The van der Waals surface area contributed by atoms with Gasteiger partial charge in [-0.05, 0) is 37.6 Å². The number of hydrogen-bond acceptors (Lipinski definition) is 5. The Hall–Kier alpha value is -3.42. The van der Waals surface area contributed by atoms with Gasteiger partial charge >= 0.3 is 5.97 Å². The zero-order valence-electron chi connectivity index (χ0n) is 15.1. The Labute approximate surface area is 154 Å². The Morgan fingerprint density at radius 1 is 1.33 bits per heavy atom. The van der Waals surface area contributed by atoms with E-state index in [0.717, 1.165) is 17.0 Å². The first-order valence-electron chi connectivity index (χ1n) is 8.47. The quantitative estimate of drug-likeness (QED) is 0.738. The van der Waals surface area contributed by atoms with E-state index in [-0.39, 0.29) is 29.6 Å².